The highest BCUT2D eigenvalue weighted by molar-refractivity contribution is 5.95. The predicted molar refractivity (Wildman–Crippen MR) is 59.6 cm³/mol. The van der Waals surface area contributed by atoms with Crippen molar-refractivity contribution in [3.63, 3.8) is 0 Å². The Morgan fingerprint density at radius 2 is 2.29 bits per heavy atom. The van der Waals surface area contributed by atoms with Crippen molar-refractivity contribution in [2.24, 2.45) is 0 Å². The second-order valence-corrected chi connectivity index (χ2v) is 3.40. The van der Waals surface area contributed by atoms with E-state index >= 15 is 0 Å². The predicted octanol–water partition coefficient (Wildman–Crippen LogP) is 2.28. The second-order valence-electron chi connectivity index (χ2n) is 3.40. The first-order valence-corrected chi connectivity index (χ1v) is 4.73. The number of nitrogens with zero attached hydrogens (tertiary/aromatic N) is 1. The molecule has 1 aromatic heterocycles. The number of carbonyl (C=O) groups is 1. The number of halogens is 1. The number of carboxylic acid groups (broad SMARTS) is 1. The topological polar surface area (TPSA) is 76.9 Å². The van der Waals surface area contributed by atoms with Gasteiger partial charge in [-0.25, -0.2) is 9.18 Å². The average Bonchev–Trinajstić information content (AvgIpc) is 2.68. The summed E-state index contributed by atoms with van der Waals surface area (Å²) < 4.78 is 13.2. The van der Waals surface area contributed by atoms with Crippen molar-refractivity contribution in [1.82, 2.24) is 4.98 Å². The first kappa shape index (κ1) is 10.9. The number of aromatic nitrogens is 1. The Balaban J connectivity index is 2.65. The number of aromatic amines is 1. The van der Waals surface area contributed by atoms with Crippen LogP contribution < -0.4 is 0 Å². The zero-order chi connectivity index (χ0) is 12.4. The van der Waals surface area contributed by atoms with Crippen molar-refractivity contribution < 1.29 is 14.3 Å². The van der Waals surface area contributed by atoms with E-state index in [2.05, 4.69) is 4.98 Å². The maximum Gasteiger partial charge on any atom is 0.328 e. The van der Waals surface area contributed by atoms with E-state index in [-0.39, 0.29) is 5.56 Å². The molecule has 17 heavy (non-hydrogen) atoms. The van der Waals surface area contributed by atoms with Gasteiger partial charge in [-0.1, -0.05) is 0 Å². The highest BCUT2D eigenvalue weighted by Crippen LogP contribution is 2.23. The zero-order valence-corrected chi connectivity index (χ0v) is 8.57. The minimum atomic E-state index is -1.09. The van der Waals surface area contributed by atoms with Gasteiger partial charge in [0, 0.05) is 23.2 Å². The summed E-state index contributed by atoms with van der Waals surface area (Å²) in [5.74, 6) is -1.62. The zero-order valence-electron chi connectivity index (χ0n) is 8.57. The van der Waals surface area contributed by atoms with E-state index in [9.17, 15) is 9.18 Å². The number of benzene rings is 1. The van der Waals surface area contributed by atoms with Crippen molar-refractivity contribution in [2.75, 3.05) is 0 Å². The summed E-state index contributed by atoms with van der Waals surface area (Å²) in [4.78, 5) is 13.2. The molecule has 0 aliphatic carbocycles. The molecular formula is C12H7FN2O2. The number of fused-ring (bicyclic) bond motifs is 1. The van der Waals surface area contributed by atoms with Crippen LogP contribution in [0.1, 0.15) is 11.1 Å². The van der Waals surface area contributed by atoms with Gasteiger partial charge in [-0.15, -0.1) is 0 Å². The van der Waals surface area contributed by atoms with E-state index in [0.29, 0.717) is 16.5 Å². The van der Waals surface area contributed by atoms with Gasteiger partial charge >= 0.3 is 5.97 Å². The minimum Gasteiger partial charge on any atom is -0.478 e. The summed E-state index contributed by atoms with van der Waals surface area (Å²) in [5, 5.41) is 17.8. The quantitative estimate of drug-likeness (QED) is 0.777. The third-order valence-corrected chi connectivity index (χ3v) is 2.31. The molecule has 0 amide bonds. The lowest BCUT2D eigenvalue weighted by molar-refractivity contribution is -0.131. The van der Waals surface area contributed by atoms with E-state index in [4.69, 9.17) is 10.4 Å². The van der Waals surface area contributed by atoms with E-state index in [1.807, 2.05) is 6.07 Å². The van der Waals surface area contributed by atoms with Crippen LogP contribution in [0.4, 0.5) is 4.39 Å². The highest BCUT2D eigenvalue weighted by Gasteiger charge is 2.08. The van der Waals surface area contributed by atoms with E-state index < -0.39 is 11.8 Å². The summed E-state index contributed by atoms with van der Waals surface area (Å²) in [6.45, 7) is 0. The third-order valence-electron chi connectivity index (χ3n) is 2.31. The monoisotopic (exact) mass is 230 g/mol. The fourth-order valence-electron chi connectivity index (χ4n) is 1.60. The molecule has 0 aliphatic heterocycles. The molecule has 0 fully saturated rings. The Labute approximate surface area is 95.6 Å². The molecule has 2 N–H and O–H groups in total. The Hall–Kier alpha value is -2.61. The SMILES string of the molecule is N#Cc1cc(F)cc2c(C=CC(=O)O)c[nH]c12. The van der Waals surface area contributed by atoms with Crippen LogP contribution in [0.15, 0.2) is 24.4 Å². The van der Waals surface area contributed by atoms with E-state index in [1.165, 1.54) is 18.3 Å². The van der Waals surface area contributed by atoms with Crippen molar-refractivity contribution in [3.8, 4) is 6.07 Å². The van der Waals surface area contributed by atoms with Crippen LogP contribution in [-0.2, 0) is 4.79 Å². The van der Waals surface area contributed by atoms with Crippen molar-refractivity contribution >= 4 is 22.9 Å². The van der Waals surface area contributed by atoms with Gasteiger partial charge in [0.25, 0.3) is 0 Å². The summed E-state index contributed by atoms with van der Waals surface area (Å²) in [7, 11) is 0. The molecule has 0 atom stereocenters. The minimum absolute atomic E-state index is 0.190. The van der Waals surface area contributed by atoms with Gasteiger partial charge in [0.2, 0.25) is 0 Å². The van der Waals surface area contributed by atoms with Crippen molar-refractivity contribution in [1.29, 1.82) is 5.26 Å². The van der Waals surface area contributed by atoms with Gasteiger partial charge in [-0.3, -0.25) is 0 Å². The fourth-order valence-corrected chi connectivity index (χ4v) is 1.60. The van der Waals surface area contributed by atoms with Gasteiger partial charge in [0.1, 0.15) is 11.9 Å². The van der Waals surface area contributed by atoms with Crippen molar-refractivity contribution in [3.05, 3.63) is 41.3 Å². The highest BCUT2D eigenvalue weighted by atomic mass is 19.1. The Morgan fingerprint density at radius 3 is 2.94 bits per heavy atom. The van der Waals surface area contributed by atoms with E-state index in [1.54, 1.807) is 0 Å². The van der Waals surface area contributed by atoms with E-state index in [0.717, 1.165) is 12.1 Å². The van der Waals surface area contributed by atoms with Gasteiger partial charge < -0.3 is 10.1 Å². The van der Waals surface area contributed by atoms with Crippen LogP contribution in [-0.4, -0.2) is 16.1 Å². The molecule has 0 bridgehead atoms. The number of nitrogens with one attached hydrogen (secondary N) is 1. The summed E-state index contributed by atoms with van der Waals surface area (Å²) in [5.41, 5.74) is 1.22. The molecule has 2 aromatic rings. The summed E-state index contributed by atoms with van der Waals surface area (Å²) in [6, 6.07) is 4.26. The fraction of sp³-hybridized carbons (Fsp3) is 0. The normalized spacial score (nSPS) is 10.8. The summed E-state index contributed by atoms with van der Waals surface area (Å²) in [6.07, 6.45) is 3.84. The smallest absolute Gasteiger partial charge is 0.328 e. The molecule has 84 valence electrons. The molecule has 0 aliphatic rings. The first-order chi connectivity index (χ1) is 8.11. The van der Waals surface area contributed by atoms with Crippen LogP contribution in [0.5, 0.6) is 0 Å². The lowest BCUT2D eigenvalue weighted by Crippen LogP contribution is -1.85. The molecule has 4 nitrogen and oxygen atoms in total. The van der Waals surface area contributed by atoms with Crippen LogP contribution in [0.2, 0.25) is 0 Å². The number of hydrogen-bond donors (Lipinski definition) is 2. The molecule has 0 radical (unpaired) electrons. The third kappa shape index (κ3) is 2.01. The lowest BCUT2D eigenvalue weighted by atomic mass is 10.1. The molecule has 0 unspecified atom stereocenters. The Kier molecular flexibility index (Phi) is 2.63. The number of H-pyrrole nitrogens is 1. The molecule has 0 saturated carbocycles. The number of hydrogen-bond acceptors (Lipinski definition) is 2. The Morgan fingerprint density at radius 1 is 1.53 bits per heavy atom. The van der Waals surface area contributed by atoms with Gasteiger partial charge in [-0.05, 0) is 18.2 Å². The standard InChI is InChI=1S/C12H7FN2O2/c13-9-3-8(5-14)12-10(4-9)7(6-15-12)1-2-11(16)17/h1-4,6,15H,(H,16,17). The Bertz CT molecular complexity index is 665. The molecule has 0 spiro atoms. The first-order valence-electron chi connectivity index (χ1n) is 4.73. The lowest BCUT2D eigenvalue weighted by Gasteiger charge is -1.95. The average molecular weight is 230 g/mol. The molecule has 1 heterocycles. The largest absolute Gasteiger partial charge is 0.478 e. The molecule has 0 saturated heterocycles. The number of rotatable bonds is 2. The maximum absolute atomic E-state index is 13.2. The van der Waals surface area contributed by atoms with Gasteiger partial charge in [0.05, 0.1) is 11.1 Å². The van der Waals surface area contributed by atoms with Crippen LogP contribution in [0.25, 0.3) is 17.0 Å². The van der Waals surface area contributed by atoms with Gasteiger partial charge in [-0.2, -0.15) is 5.26 Å². The maximum atomic E-state index is 13.2. The number of carboxylic acids is 1. The summed E-state index contributed by atoms with van der Waals surface area (Å²) >= 11 is 0. The number of aliphatic carboxylic acids is 1. The molecule has 5 heteroatoms. The number of nitriles is 1. The van der Waals surface area contributed by atoms with Crippen LogP contribution in [0, 0.1) is 17.1 Å². The molecule has 1 aromatic carbocycles. The van der Waals surface area contributed by atoms with Gasteiger partial charge in [0.15, 0.2) is 0 Å². The molecule has 2 rings (SSSR count). The van der Waals surface area contributed by atoms with Crippen molar-refractivity contribution in [2.45, 2.75) is 0 Å². The molecular weight excluding hydrogens is 223 g/mol. The van der Waals surface area contributed by atoms with Crippen LogP contribution in [0.3, 0.4) is 0 Å². The second kappa shape index (κ2) is 4.10. The van der Waals surface area contributed by atoms with Crippen LogP contribution >= 0.6 is 0 Å².